The zero-order valence-corrected chi connectivity index (χ0v) is 46.0. The van der Waals surface area contributed by atoms with Crippen LogP contribution in [0.15, 0.2) is 61.7 Å². The molecule has 0 spiro atoms. The second-order valence-electron chi connectivity index (χ2n) is 20.1. The first kappa shape index (κ1) is 63.5. The highest BCUT2D eigenvalue weighted by atomic mass is 16.6. The minimum Gasteiger partial charge on any atom is -0.465 e. The van der Waals surface area contributed by atoms with Crippen LogP contribution in [0.2, 0.25) is 0 Å². The topological polar surface area (TPSA) is 263 Å². The van der Waals surface area contributed by atoms with Gasteiger partial charge in [-0.2, -0.15) is 0 Å². The average molecular weight is 1120 g/mol. The fraction of sp³-hybridized carbons (Fsp3) is 0.567. The zero-order valence-electron chi connectivity index (χ0n) is 46.0. The lowest BCUT2D eigenvalue weighted by molar-refractivity contribution is -0.152. The standard InChI is InChI=1S/C60H76O20/c1-5-9-31-75-59(69)47-37-45(77-55(65)41-19-15-39(16-20-41)53(63)73-35-13-11-33-71-51(61)7-3)27-29-49(47)79-57(67)43-23-25-44(26-24-43)58(68)80-50-30-28-46(38-48(50)60(70)76-32-10-6-2)78-56(66)42-21-17-40(18-22-42)54(64)74-36-14-12-34-72-52(62)8-4/h7-8,27-30,37-44H,3-6,9-26,31-36H2,1-2H3. The van der Waals surface area contributed by atoms with Crippen molar-refractivity contribution in [2.24, 2.45) is 35.5 Å². The van der Waals surface area contributed by atoms with Crippen molar-refractivity contribution in [1.29, 1.82) is 0 Å². The van der Waals surface area contributed by atoms with Crippen LogP contribution >= 0.6 is 0 Å². The first-order chi connectivity index (χ1) is 38.6. The van der Waals surface area contributed by atoms with Crippen LogP contribution < -0.4 is 18.9 Å². The van der Waals surface area contributed by atoms with Gasteiger partial charge >= 0.3 is 59.7 Å². The highest BCUT2D eigenvalue weighted by Crippen LogP contribution is 2.37. The summed E-state index contributed by atoms with van der Waals surface area (Å²) >= 11 is 0. The summed E-state index contributed by atoms with van der Waals surface area (Å²) in [7, 11) is 0. The summed E-state index contributed by atoms with van der Waals surface area (Å²) in [5, 5.41) is 0. The van der Waals surface area contributed by atoms with Gasteiger partial charge in [0.05, 0.1) is 75.1 Å². The third-order valence-electron chi connectivity index (χ3n) is 14.2. The van der Waals surface area contributed by atoms with Gasteiger partial charge in [0.25, 0.3) is 0 Å². The van der Waals surface area contributed by atoms with Crippen molar-refractivity contribution in [3.05, 3.63) is 72.8 Å². The Balaban J connectivity index is 1.11. The van der Waals surface area contributed by atoms with E-state index >= 15 is 0 Å². The molecular weight excluding hydrogens is 1040 g/mol. The molecule has 436 valence electrons. The van der Waals surface area contributed by atoms with Crippen LogP contribution in [0.4, 0.5) is 0 Å². The van der Waals surface area contributed by atoms with Crippen LogP contribution in [-0.2, 0) is 66.8 Å². The van der Waals surface area contributed by atoms with E-state index in [1.807, 2.05) is 13.8 Å². The largest absolute Gasteiger partial charge is 0.465 e. The molecule has 0 bridgehead atoms. The van der Waals surface area contributed by atoms with Gasteiger partial charge < -0.3 is 47.4 Å². The third kappa shape index (κ3) is 20.7. The van der Waals surface area contributed by atoms with Gasteiger partial charge in [0.15, 0.2) is 0 Å². The van der Waals surface area contributed by atoms with Gasteiger partial charge in [-0.05, 0) is 152 Å². The normalized spacial score (nSPS) is 19.6. The number of hydrogen-bond donors (Lipinski definition) is 0. The van der Waals surface area contributed by atoms with E-state index in [0.717, 1.165) is 25.0 Å². The molecule has 80 heavy (non-hydrogen) atoms. The highest BCUT2D eigenvalue weighted by molar-refractivity contribution is 5.95. The Morgan fingerprint density at radius 3 is 0.950 bits per heavy atom. The van der Waals surface area contributed by atoms with Gasteiger partial charge in [0.2, 0.25) is 0 Å². The van der Waals surface area contributed by atoms with E-state index in [1.54, 1.807) is 0 Å². The maximum Gasteiger partial charge on any atom is 0.342 e. The molecule has 3 aliphatic rings. The Morgan fingerprint density at radius 2 is 0.650 bits per heavy atom. The average Bonchev–Trinajstić information content (AvgIpc) is 3.48. The molecule has 0 saturated heterocycles. The van der Waals surface area contributed by atoms with Crippen LogP contribution in [0.5, 0.6) is 23.0 Å². The summed E-state index contributed by atoms with van der Waals surface area (Å²) < 4.78 is 54.6. The third-order valence-corrected chi connectivity index (χ3v) is 14.2. The first-order valence-corrected chi connectivity index (χ1v) is 28.0. The minimum absolute atomic E-state index is 0.0388. The summed E-state index contributed by atoms with van der Waals surface area (Å²) in [6.45, 7) is 11.5. The van der Waals surface area contributed by atoms with Crippen molar-refractivity contribution in [1.82, 2.24) is 0 Å². The Labute approximate surface area is 466 Å². The Bertz CT molecular complexity index is 2300. The van der Waals surface area contributed by atoms with Crippen LogP contribution in [-0.4, -0.2) is 99.3 Å². The quantitative estimate of drug-likeness (QED) is 0.0232. The predicted octanol–water partition coefficient (Wildman–Crippen LogP) is 9.45. The summed E-state index contributed by atoms with van der Waals surface area (Å²) in [5.41, 5.74) is -0.240. The lowest BCUT2D eigenvalue weighted by Crippen LogP contribution is -2.31. The van der Waals surface area contributed by atoms with Crippen molar-refractivity contribution in [2.45, 2.75) is 142 Å². The SMILES string of the molecule is C=CC(=O)OCCCCOC(=O)C1CCC(C(=O)Oc2ccc(OC(=O)C3CCC(C(=O)Oc4ccc(OC(=O)C5CCC(C(=O)OCCCCOC(=O)C=C)CC5)cc4C(=O)OCCCC)CC3)c(C(=O)OCCCC)c2)CC1. The molecule has 0 unspecified atom stereocenters. The Morgan fingerprint density at radius 1 is 0.375 bits per heavy atom. The van der Waals surface area contributed by atoms with Crippen LogP contribution in [0.3, 0.4) is 0 Å². The second kappa shape index (κ2) is 33.9. The molecule has 0 aromatic heterocycles. The summed E-state index contributed by atoms with van der Waals surface area (Å²) in [5.74, 6) is -8.81. The maximum atomic E-state index is 13.7. The van der Waals surface area contributed by atoms with E-state index in [9.17, 15) is 47.9 Å². The molecule has 0 atom stereocenters. The van der Waals surface area contributed by atoms with E-state index in [4.69, 9.17) is 47.4 Å². The molecule has 2 aromatic carbocycles. The van der Waals surface area contributed by atoms with Gasteiger partial charge in [-0.1, -0.05) is 39.8 Å². The summed E-state index contributed by atoms with van der Waals surface area (Å²) in [4.78, 5) is 128. The fourth-order valence-electron chi connectivity index (χ4n) is 9.35. The van der Waals surface area contributed by atoms with Crippen molar-refractivity contribution < 1.29 is 95.3 Å². The van der Waals surface area contributed by atoms with Crippen molar-refractivity contribution >= 4 is 59.7 Å². The number of benzene rings is 2. The summed E-state index contributed by atoms with van der Waals surface area (Å²) in [6, 6.07) is 8.13. The maximum absolute atomic E-state index is 13.7. The van der Waals surface area contributed by atoms with Crippen LogP contribution in [0, 0.1) is 35.5 Å². The number of carbonyl (C=O) groups is 10. The molecule has 20 nitrogen and oxygen atoms in total. The number of unbranched alkanes of at least 4 members (excludes halogenated alkanes) is 4. The molecular formula is C60H76O20. The first-order valence-electron chi connectivity index (χ1n) is 28.0. The predicted molar refractivity (Wildman–Crippen MR) is 285 cm³/mol. The molecule has 3 saturated carbocycles. The molecule has 0 radical (unpaired) electrons. The molecule has 5 rings (SSSR count). The minimum atomic E-state index is -0.780. The number of hydrogen-bond acceptors (Lipinski definition) is 20. The van der Waals surface area contributed by atoms with E-state index in [-0.39, 0.29) is 123 Å². The molecule has 0 N–H and O–H groups in total. The molecule has 0 heterocycles. The fourth-order valence-corrected chi connectivity index (χ4v) is 9.35. The van der Waals surface area contributed by atoms with Crippen molar-refractivity contribution in [2.75, 3.05) is 39.6 Å². The van der Waals surface area contributed by atoms with E-state index in [1.165, 1.54) is 36.4 Å². The number of rotatable bonds is 30. The van der Waals surface area contributed by atoms with E-state index < -0.39 is 71.4 Å². The Kier molecular flexibility index (Phi) is 26.9. The molecule has 0 amide bonds. The molecule has 3 fully saturated rings. The molecule has 0 aliphatic heterocycles. The number of carbonyl (C=O) groups excluding carboxylic acids is 10. The lowest BCUT2D eigenvalue weighted by Gasteiger charge is -2.26. The summed E-state index contributed by atoms with van der Waals surface area (Å²) in [6.07, 6.45) is 11.1. The van der Waals surface area contributed by atoms with Gasteiger partial charge in [0, 0.05) is 12.2 Å². The smallest absolute Gasteiger partial charge is 0.342 e. The lowest BCUT2D eigenvalue weighted by atomic mass is 9.82. The van der Waals surface area contributed by atoms with Crippen LogP contribution in [0.25, 0.3) is 0 Å². The molecule has 2 aromatic rings. The van der Waals surface area contributed by atoms with Crippen molar-refractivity contribution in [3.8, 4) is 23.0 Å². The number of esters is 10. The van der Waals surface area contributed by atoms with E-state index in [0.29, 0.717) is 89.9 Å². The van der Waals surface area contributed by atoms with Gasteiger partial charge in [-0.25, -0.2) is 19.2 Å². The second-order valence-corrected chi connectivity index (χ2v) is 20.1. The Hall–Kier alpha value is -7.38. The van der Waals surface area contributed by atoms with Gasteiger partial charge in [-0.3, -0.25) is 28.8 Å². The zero-order chi connectivity index (χ0) is 57.8. The van der Waals surface area contributed by atoms with Gasteiger partial charge in [-0.15, -0.1) is 0 Å². The van der Waals surface area contributed by atoms with E-state index in [2.05, 4.69) is 13.2 Å². The number of ether oxygens (including phenoxy) is 10. The van der Waals surface area contributed by atoms with Gasteiger partial charge in [0.1, 0.15) is 34.1 Å². The monoisotopic (exact) mass is 1120 g/mol. The highest BCUT2D eigenvalue weighted by Gasteiger charge is 2.36. The molecule has 3 aliphatic carbocycles. The molecule has 20 heteroatoms. The van der Waals surface area contributed by atoms with Crippen LogP contribution in [0.1, 0.15) is 163 Å². The van der Waals surface area contributed by atoms with Crippen molar-refractivity contribution in [3.63, 3.8) is 0 Å².